The zero-order valence-electron chi connectivity index (χ0n) is 18.3. The summed E-state index contributed by atoms with van der Waals surface area (Å²) in [5.74, 6) is -0.107. The number of nitrogens with one attached hydrogen (secondary N) is 1. The number of hydrogen-bond donors (Lipinski definition) is 1. The molecule has 0 aliphatic rings. The van der Waals surface area contributed by atoms with Crippen molar-refractivity contribution in [1.29, 1.82) is 0 Å². The summed E-state index contributed by atoms with van der Waals surface area (Å²) in [5, 5.41) is 3.12. The fraction of sp³-hybridized carbons (Fsp3) is 0.167. The third-order valence-electron chi connectivity index (χ3n) is 4.90. The maximum Gasteiger partial charge on any atom is 0.338 e. The molecule has 174 valence electrons. The predicted molar refractivity (Wildman–Crippen MR) is 124 cm³/mol. The predicted octanol–water partition coefficient (Wildman–Crippen LogP) is 3.93. The first-order valence-corrected chi connectivity index (χ1v) is 10.6. The molecule has 2 aromatic heterocycles. The SMILES string of the molecule is Cc1cc2nc(COC(=O)c3cccc(NC(=O)COc4ccccc4Cl)c3C)cc(=O)n2o1. The van der Waals surface area contributed by atoms with Crippen LogP contribution in [0, 0.1) is 13.8 Å². The smallest absolute Gasteiger partial charge is 0.338 e. The lowest BCUT2D eigenvalue weighted by Gasteiger charge is -2.13. The Labute approximate surface area is 198 Å². The number of carbonyl (C=O) groups is 2. The Morgan fingerprint density at radius 3 is 2.71 bits per heavy atom. The van der Waals surface area contributed by atoms with Crippen LogP contribution in [0.15, 0.2) is 63.9 Å². The molecule has 9 nitrogen and oxygen atoms in total. The number of ether oxygens (including phenoxy) is 2. The maximum absolute atomic E-state index is 12.7. The average Bonchev–Trinajstić information content (AvgIpc) is 3.19. The second-order valence-corrected chi connectivity index (χ2v) is 7.81. The van der Waals surface area contributed by atoms with Crippen LogP contribution in [0.3, 0.4) is 0 Å². The third-order valence-corrected chi connectivity index (χ3v) is 5.21. The summed E-state index contributed by atoms with van der Waals surface area (Å²) in [6, 6.07) is 14.5. The number of hydrogen-bond acceptors (Lipinski definition) is 7. The number of carbonyl (C=O) groups excluding carboxylic acids is 2. The minimum absolute atomic E-state index is 0.198. The van der Waals surface area contributed by atoms with E-state index in [4.69, 9.17) is 25.6 Å². The Kier molecular flexibility index (Phi) is 6.65. The normalized spacial score (nSPS) is 10.8. The number of fused-ring (bicyclic) bond motifs is 1. The molecule has 4 aromatic rings. The van der Waals surface area contributed by atoms with Crippen molar-refractivity contribution in [2.45, 2.75) is 20.5 Å². The lowest BCUT2D eigenvalue weighted by molar-refractivity contribution is -0.118. The van der Waals surface area contributed by atoms with Gasteiger partial charge < -0.3 is 19.3 Å². The standard InChI is InChI=1S/C24H20ClN3O6/c1-14-10-21-26-16(11-23(30)28(21)34-14)12-33-24(31)17-6-5-8-19(15(17)2)27-22(29)13-32-20-9-4-3-7-18(20)25/h3-11H,12-13H2,1-2H3,(H,27,29). The highest BCUT2D eigenvalue weighted by Crippen LogP contribution is 2.24. The molecule has 0 bridgehead atoms. The van der Waals surface area contributed by atoms with Gasteiger partial charge in [-0.05, 0) is 43.7 Å². The van der Waals surface area contributed by atoms with Gasteiger partial charge in [-0.25, -0.2) is 9.78 Å². The number of aromatic nitrogens is 2. The van der Waals surface area contributed by atoms with E-state index in [-0.39, 0.29) is 24.5 Å². The monoisotopic (exact) mass is 481 g/mol. The van der Waals surface area contributed by atoms with Gasteiger partial charge in [0.2, 0.25) is 0 Å². The molecule has 0 atom stereocenters. The van der Waals surface area contributed by atoms with Crippen LogP contribution < -0.4 is 15.6 Å². The molecule has 2 heterocycles. The second-order valence-electron chi connectivity index (χ2n) is 7.41. The maximum atomic E-state index is 12.7. The van der Waals surface area contributed by atoms with E-state index in [1.165, 1.54) is 6.07 Å². The quantitative estimate of drug-likeness (QED) is 0.398. The molecular formula is C24H20ClN3O6. The van der Waals surface area contributed by atoms with Gasteiger partial charge in [0.1, 0.15) is 18.1 Å². The number of para-hydroxylation sites is 1. The first-order valence-electron chi connectivity index (χ1n) is 10.3. The van der Waals surface area contributed by atoms with E-state index in [1.807, 2.05) is 0 Å². The van der Waals surface area contributed by atoms with E-state index >= 15 is 0 Å². The molecule has 1 N–H and O–H groups in total. The number of aryl methyl sites for hydroxylation is 1. The van der Waals surface area contributed by atoms with Gasteiger partial charge in [-0.3, -0.25) is 9.59 Å². The van der Waals surface area contributed by atoms with E-state index in [0.717, 1.165) is 4.57 Å². The van der Waals surface area contributed by atoms with E-state index in [2.05, 4.69) is 10.3 Å². The van der Waals surface area contributed by atoms with Crippen molar-refractivity contribution in [3.63, 3.8) is 0 Å². The average molecular weight is 482 g/mol. The molecule has 0 fully saturated rings. The van der Waals surface area contributed by atoms with Crippen LogP contribution in [-0.2, 0) is 16.1 Å². The topological polar surface area (TPSA) is 112 Å². The lowest BCUT2D eigenvalue weighted by Crippen LogP contribution is -2.21. The van der Waals surface area contributed by atoms with Crippen LogP contribution in [0.1, 0.15) is 27.4 Å². The summed E-state index contributed by atoms with van der Waals surface area (Å²) >= 11 is 6.03. The highest BCUT2D eigenvalue weighted by atomic mass is 35.5. The van der Waals surface area contributed by atoms with Gasteiger partial charge in [-0.1, -0.05) is 29.8 Å². The molecule has 0 aliphatic heterocycles. The molecular weight excluding hydrogens is 462 g/mol. The number of nitrogens with zero attached hydrogens (tertiary/aromatic N) is 2. The summed E-state index contributed by atoms with van der Waals surface area (Å²) in [5.41, 5.74) is 1.43. The van der Waals surface area contributed by atoms with Crippen molar-refractivity contribution in [2.24, 2.45) is 0 Å². The number of anilines is 1. The summed E-state index contributed by atoms with van der Waals surface area (Å²) in [6.07, 6.45) is 0. The highest BCUT2D eigenvalue weighted by molar-refractivity contribution is 6.32. The number of halogens is 1. The van der Waals surface area contributed by atoms with E-state index in [9.17, 15) is 14.4 Å². The van der Waals surface area contributed by atoms with Gasteiger partial charge in [0.15, 0.2) is 12.3 Å². The van der Waals surface area contributed by atoms with Crippen molar-refractivity contribution < 1.29 is 23.6 Å². The number of esters is 1. The molecule has 0 spiro atoms. The number of benzene rings is 2. The first-order chi connectivity index (χ1) is 16.3. The van der Waals surface area contributed by atoms with E-state index in [0.29, 0.717) is 33.4 Å². The number of amides is 1. The number of rotatable bonds is 7. The minimum Gasteiger partial charge on any atom is -0.482 e. The zero-order chi connectivity index (χ0) is 24.2. The second kappa shape index (κ2) is 9.80. The van der Waals surface area contributed by atoms with Crippen LogP contribution in [0.2, 0.25) is 5.02 Å². The van der Waals surface area contributed by atoms with Crippen LogP contribution >= 0.6 is 11.6 Å². The first kappa shape index (κ1) is 23.1. The van der Waals surface area contributed by atoms with Gasteiger partial charge in [-0.2, -0.15) is 0 Å². The Morgan fingerprint density at radius 1 is 1.12 bits per heavy atom. The zero-order valence-corrected chi connectivity index (χ0v) is 19.1. The molecule has 10 heteroatoms. The fourth-order valence-corrected chi connectivity index (χ4v) is 3.44. The van der Waals surface area contributed by atoms with Crippen molar-refractivity contribution in [3.05, 3.63) is 92.6 Å². The summed E-state index contributed by atoms with van der Waals surface area (Å²) in [6.45, 7) is 2.93. The molecule has 4 rings (SSSR count). The van der Waals surface area contributed by atoms with Gasteiger partial charge in [-0.15, -0.1) is 4.57 Å². The largest absolute Gasteiger partial charge is 0.482 e. The van der Waals surface area contributed by atoms with Crippen molar-refractivity contribution in [2.75, 3.05) is 11.9 Å². The molecule has 0 unspecified atom stereocenters. The van der Waals surface area contributed by atoms with Gasteiger partial charge >= 0.3 is 5.97 Å². The van der Waals surface area contributed by atoms with Crippen molar-refractivity contribution >= 4 is 34.8 Å². The highest BCUT2D eigenvalue weighted by Gasteiger charge is 2.16. The van der Waals surface area contributed by atoms with Crippen molar-refractivity contribution in [1.82, 2.24) is 9.56 Å². The Balaban J connectivity index is 1.40. The fourth-order valence-electron chi connectivity index (χ4n) is 3.25. The van der Waals surface area contributed by atoms with Crippen LogP contribution in [0.5, 0.6) is 5.75 Å². The van der Waals surface area contributed by atoms with Crippen LogP contribution in [0.25, 0.3) is 5.65 Å². The molecule has 0 radical (unpaired) electrons. The minimum atomic E-state index is -0.619. The van der Waals surface area contributed by atoms with Gasteiger partial charge in [0, 0.05) is 17.8 Å². The van der Waals surface area contributed by atoms with Gasteiger partial charge in [0.25, 0.3) is 11.5 Å². The third kappa shape index (κ3) is 5.10. The van der Waals surface area contributed by atoms with Crippen LogP contribution in [0.4, 0.5) is 5.69 Å². The van der Waals surface area contributed by atoms with Gasteiger partial charge in [0.05, 0.1) is 16.3 Å². The van der Waals surface area contributed by atoms with Crippen LogP contribution in [-0.4, -0.2) is 28.0 Å². The lowest BCUT2D eigenvalue weighted by atomic mass is 10.1. The Morgan fingerprint density at radius 2 is 1.91 bits per heavy atom. The Hall–Kier alpha value is -4.11. The van der Waals surface area contributed by atoms with Crippen molar-refractivity contribution in [3.8, 4) is 5.75 Å². The van der Waals surface area contributed by atoms with E-state index in [1.54, 1.807) is 62.4 Å². The molecule has 1 amide bonds. The molecule has 34 heavy (non-hydrogen) atoms. The summed E-state index contributed by atoms with van der Waals surface area (Å²) < 4.78 is 17.1. The summed E-state index contributed by atoms with van der Waals surface area (Å²) in [4.78, 5) is 41.4. The molecule has 0 saturated heterocycles. The summed E-state index contributed by atoms with van der Waals surface area (Å²) in [7, 11) is 0. The molecule has 2 aromatic carbocycles. The van der Waals surface area contributed by atoms with E-state index < -0.39 is 17.4 Å². The Bertz CT molecular complexity index is 1440. The molecule has 0 aliphatic carbocycles. The molecule has 0 saturated carbocycles.